The maximum atomic E-state index is 8.81. The van der Waals surface area contributed by atoms with Gasteiger partial charge in [-0.25, -0.2) is 4.98 Å². The van der Waals surface area contributed by atoms with Crippen LogP contribution in [0.1, 0.15) is 11.3 Å². The lowest BCUT2D eigenvalue weighted by atomic mass is 10.3. The zero-order valence-corrected chi connectivity index (χ0v) is 6.65. The third kappa shape index (κ3) is 0.785. The molecule has 0 saturated heterocycles. The fourth-order valence-electron chi connectivity index (χ4n) is 1.27. The molecule has 2 heterocycles. The van der Waals surface area contributed by atoms with Crippen LogP contribution in [0.4, 0.5) is 0 Å². The molecule has 58 valence electrons. The van der Waals surface area contributed by atoms with Crippen molar-refractivity contribution in [3.05, 3.63) is 35.8 Å². The number of nitriles is 1. The van der Waals surface area contributed by atoms with Crippen molar-refractivity contribution < 1.29 is 0 Å². The maximum Gasteiger partial charge on any atom is 0.137 e. The van der Waals surface area contributed by atoms with Crippen LogP contribution in [-0.2, 0) is 0 Å². The fourth-order valence-corrected chi connectivity index (χ4v) is 1.27. The second-order valence-corrected chi connectivity index (χ2v) is 2.64. The molecule has 2 aromatic rings. The molecule has 0 amide bonds. The lowest BCUT2D eigenvalue weighted by Crippen LogP contribution is -1.88. The SMILES string of the molecule is Cc1cc2ncccn2c1C#N. The van der Waals surface area contributed by atoms with Crippen molar-refractivity contribution in [3.63, 3.8) is 0 Å². The van der Waals surface area contributed by atoms with Crippen LogP contribution >= 0.6 is 0 Å². The normalized spacial score (nSPS) is 10.0. The highest BCUT2D eigenvalue weighted by atomic mass is 15.0. The van der Waals surface area contributed by atoms with E-state index in [4.69, 9.17) is 5.26 Å². The Bertz CT molecular complexity index is 462. The Kier molecular flexibility index (Phi) is 1.34. The number of nitrogens with zero attached hydrogens (tertiary/aromatic N) is 3. The first-order valence-corrected chi connectivity index (χ1v) is 3.65. The van der Waals surface area contributed by atoms with Gasteiger partial charge in [0.25, 0.3) is 0 Å². The Morgan fingerprint density at radius 1 is 1.58 bits per heavy atom. The Morgan fingerprint density at radius 3 is 3.17 bits per heavy atom. The molecule has 3 nitrogen and oxygen atoms in total. The Labute approximate surface area is 69.9 Å². The summed E-state index contributed by atoms with van der Waals surface area (Å²) in [6.07, 6.45) is 3.56. The number of fused-ring (bicyclic) bond motifs is 1. The van der Waals surface area contributed by atoms with Crippen molar-refractivity contribution in [1.82, 2.24) is 9.38 Å². The van der Waals surface area contributed by atoms with Crippen LogP contribution in [0, 0.1) is 18.3 Å². The average molecular weight is 157 g/mol. The summed E-state index contributed by atoms with van der Waals surface area (Å²) in [6.45, 7) is 1.91. The van der Waals surface area contributed by atoms with Gasteiger partial charge in [0.15, 0.2) is 0 Å². The zero-order chi connectivity index (χ0) is 8.55. The molecule has 0 radical (unpaired) electrons. The van der Waals surface area contributed by atoms with Crippen molar-refractivity contribution in [2.45, 2.75) is 6.92 Å². The number of hydrogen-bond acceptors (Lipinski definition) is 2. The fraction of sp³-hybridized carbons (Fsp3) is 0.111. The molecular weight excluding hydrogens is 150 g/mol. The lowest BCUT2D eigenvalue weighted by Gasteiger charge is -1.92. The molecule has 0 aliphatic rings. The van der Waals surface area contributed by atoms with E-state index in [1.807, 2.05) is 25.3 Å². The Morgan fingerprint density at radius 2 is 2.42 bits per heavy atom. The first kappa shape index (κ1) is 6.86. The minimum atomic E-state index is 0.665. The topological polar surface area (TPSA) is 41.1 Å². The number of aromatic nitrogens is 2. The van der Waals surface area contributed by atoms with Gasteiger partial charge in [-0.1, -0.05) is 0 Å². The number of rotatable bonds is 0. The highest BCUT2D eigenvalue weighted by molar-refractivity contribution is 5.50. The van der Waals surface area contributed by atoms with E-state index in [2.05, 4.69) is 11.1 Å². The number of aryl methyl sites for hydroxylation is 1. The summed E-state index contributed by atoms with van der Waals surface area (Å²) in [5.41, 5.74) is 2.46. The molecule has 0 fully saturated rings. The van der Waals surface area contributed by atoms with Crippen LogP contribution in [0.15, 0.2) is 24.5 Å². The number of hydrogen-bond donors (Lipinski definition) is 0. The second-order valence-electron chi connectivity index (χ2n) is 2.64. The van der Waals surface area contributed by atoms with E-state index in [1.54, 1.807) is 10.6 Å². The Hall–Kier alpha value is -1.82. The third-order valence-corrected chi connectivity index (χ3v) is 1.84. The summed E-state index contributed by atoms with van der Waals surface area (Å²) >= 11 is 0. The molecule has 0 bridgehead atoms. The molecule has 2 rings (SSSR count). The molecule has 0 saturated carbocycles. The molecule has 12 heavy (non-hydrogen) atoms. The van der Waals surface area contributed by atoms with Crippen molar-refractivity contribution in [3.8, 4) is 6.07 Å². The highest BCUT2D eigenvalue weighted by Crippen LogP contribution is 2.11. The monoisotopic (exact) mass is 157 g/mol. The second kappa shape index (κ2) is 2.35. The van der Waals surface area contributed by atoms with E-state index in [9.17, 15) is 0 Å². The zero-order valence-electron chi connectivity index (χ0n) is 6.65. The van der Waals surface area contributed by atoms with E-state index >= 15 is 0 Å². The van der Waals surface area contributed by atoms with Gasteiger partial charge in [-0.15, -0.1) is 0 Å². The van der Waals surface area contributed by atoms with Gasteiger partial charge in [0.05, 0.1) is 0 Å². The van der Waals surface area contributed by atoms with E-state index < -0.39 is 0 Å². The molecule has 0 N–H and O–H groups in total. The van der Waals surface area contributed by atoms with Crippen molar-refractivity contribution >= 4 is 5.65 Å². The largest absolute Gasteiger partial charge is 0.292 e. The van der Waals surface area contributed by atoms with Gasteiger partial charge in [-0.2, -0.15) is 5.26 Å². The lowest BCUT2D eigenvalue weighted by molar-refractivity contribution is 1.10. The molecule has 0 unspecified atom stereocenters. The van der Waals surface area contributed by atoms with Crippen LogP contribution in [0.3, 0.4) is 0 Å². The first-order valence-electron chi connectivity index (χ1n) is 3.65. The average Bonchev–Trinajstić information content (AvgIpc) is 2.40. The standard InChI is InChI=1S/C9H7N3/c1-7-5-9-11-3-2-4-12(9)8(7)6-10/h2-5H,1H3. The minimum Gasteiger partial charge on any atom is -0.292 e. The first-order chi connectivity index (χ1) is 5.83. The summed E-state index contributed by atoms with van der Waals surface area (Å²) in [5, 5.41) is 8.81. The molecule has 2 aromatic heterocycles. The van der Waals surface area contributed by atoms with Crippen LogP contribution in [0.5, 0.6) is 0 Å². The molecule has 0 aliphatic heterocycles. The molecule has 0 spiro atoms. The molecule has 0 aromatic carbocycles. The van der Waals surface area contributed by atoms with Gasteiger partial charge in [0.1, 0.15) is 17.4 Å². The van der Waals surface area contributed by atoms with Crippen LogP contribution in [-0.4, -0.2) is 9.38 Å². The van der Waals surface area contributed by atoms with Gasteiger partial charge < -0.3 is 0 Å². The van der Waals surface area contributed by atoms with Crippen molar-refractivity contribution in [2.24, 2.45) is 0 Å². The summed E-state index contributed by atoms with van der Waals surface area (Å²) in [6, 6.07) is 5.86. The quantitative estimate of drug-likeness (QED) is 0.581. The van der Waals surface area contributed by atoms with Crippen molar-refractivity contribution in [2.75, 3.05) is 0 Å². The smallest absolute Gasteiger partial charge is 0.137 e. The van der Waals surface area contributed by atoms with E-state index in [-0.39, 0.29) is 0 Å². The van der Waals surface area contributed by atoms with Gasteiger partial charge in [0.2, 0.25) is 0 Å². The van der Waals surface area contributed by atoms with E-state index in [0.29, 0.717) is 5.69 Å². The summed E-state index contributed by atoms with van der Waals surface area (Å²) in [4.78, 5) is 4.12. The van der Waals surface area contributed by atoms with Gasteiger partial charge in [-0.05, 0) is 24.6 Å². The highest BCUT2D eigenvalue weighted by Gasteiger charge is 2.04. The van der Waals surface area contributed by atoms with Gasteiger partial charge >= 0.3 is 0 Å². The predicted octanol–water partition coefficient (Wildman–Crippen LogP) is 1.51. The summed E-state index contributed by atoms with van der Waals surface area (Å²) < 4.78 is 1.79. The van der Waals surface area contributed by atoms with Crippen LogP contribution < -0.4 is 0 Å². The predicted molar refractivity (Wildman–Crippen MR) is 44.6 cm³/mol. The van der Waals surface area contributed by atoms with Gasteiger partial charge in [0, 0.05) is 12.4 Å². The van der Waals surface area contributed by atoms with Crippen molar-refractivity contribution in [1.29, 1.82) is 5.26 Å². The van der Waals surface area contributed by atoms with E-state index in [0.717, 1.165) is 11.2 Å². The maximum absolute atomic E-state index is 8.81. The van der Waals surface area contributed by atoms with Crippen LogP contribution in [0.2, 0.25) is 0 Å². The summed E-state index contributed by atoms with van der Waals surface area (Å²) in [5.74, 6) is 0. The Balaban J connectivity index is 2.93. The summed E-state index contributed by atoms with van der Waals surface area (Å²) in [7, 11) is 0. The molecule has 0 atom stereocenters. The third-order valence-electron chi connectivity index (χ3n) is 1.84. The van der Waals surface area contributed by atoms with Gasteiger partial charge in [-0.3, -0.25) is 4.40 Å². The molecular formula is C9H7N3. The molecule has 3 heteroatoms. The van der Waals surface area contributed by atoms with Crippen LogP contribution in [0.25, 0.3) is 5.65 Å². The van der Waals surface area contributed by atoms with E-state index in [1.165, 1.54) is 0 Å². The minimum absolute atomic E-state index is 0.665. The molecule has 0 aliphatic carbocycles.